The van der Waals surface area contributed by atoms with Crippen molar-refractivity contribution in [3.63, 3.8) is 0 Å². The van der Waals surface area contributed by atoms with E-state index in [0.29, 0.717) is 12.3 Å². The van der Waals surface area contributed by atoms with Crippen molar-refractivity contribution in [2.45, 2.75) is 72.3 Å². The minimum absolute atomic E-state index is 0.0340. The smallest absolute Gasteiger partial charge is 0.306 e. The average molecular weight is 258 g/mol. The van der Waals surface area contributed by atoms with E-state index in [-0.39, 0.29) is 18.5 Å². The molecule has 0 rings (SSSR count). The van der Waals surface area contributed by atoms with Crippen LogP contribution in [0.15, 0.2) is 0 Å². The Bertz CT molecular complexity index is 230. The van der Waals surface area contributed by atoms with Crippen LogP contribution in [0.4, 0.5) is 0 Å². The summed E-state index contributed by atoms with van der Waals surface area (Å²) in [6, 6.07) is 0. The molecule has 2 atom stereocenters. The molecule has 0 aromatic carbocycles. The molecular weight excluding hydrogens is 228 g/mol. The van der Waals surface area contributed by atoms with Crippen molar-refractivity contribution >= 4 is 5.97 Å². The predicted octanol–water partition coefficient (Wildman–Crippen LogP) is 3.54. The van der Waals surface area contributed by atoms with Crippen LogP contribution in [-0.2, 0) is 9.53 Å². The fraction of sp³-hybridized carbons (Fsp3) is 0.933. The van der Waals surface area contributed by atoms with Crippen LogP contribution >= 0.6 is 0 Å². The summed E-state index contributed by atoms with van der Waals surface area (Å²) in [7, 11) is 0. The second kappa shape index (κ2) is 8.52. The van der Waals surface area contributed by atoms with Crippen LogP contribution in [0.1, 0.15) is 66.7 Å². The third-order valence-electron chi connectivity index (χ3n) is 2.92. The Morgan fingerprint density at radius 3 is 2.39 bits per heavy atom. The molecule has 1 N–H and O–H groups in total. The molecule has 0 bridgehead atoms. The summed E-state index contributed by atoms with van der Waals surface area (Å²) in [5, 5.41) is 9.34. The van der Waals surface area contributed by atoms with Gasteiger partial charge in [-0.25, -0.2) is 0 Å². The van der Waals surface area contributed by atoms with Crippen molar-refractivity contribution in [1.29, 1.82) is 0 Å². The monoisotopic (exact) mass is 258 g/mol. The SMILES string of the molecule is CCCCC(C)CC(CO)CC(=O)OC(C)(C)C. The highest BCUT2D eigenvalue weighted by atomic mass is 16.6. The van der Waals surface area contributed by atoms with Gasteiger partial charge in [0.2, 0.25) is 0 Å². The number of carbonyl (C=O) groups is 1. The van der Waals surface area contributed by atoms with E-state index in [1.165, 1.54) is 19.3 Å². The Morgan fingerprint density at radius 2 is 1.94 bits per heavy atom. The van der Waals surface area contributed by atoms with Gasteiger partial charge in [-0.3, -0.25) is 4.79 Å². The van der Waals surface area contributed by atoms with E-state index in [1.54, 1.807) is 0 Å². The zero-order valence-electron chi connectivity index (χ0n) is 12.7. The molecular formula is C15H30O3. The van der Waals surface area contributed by atoms with Crippen molar-refractivity contribution in [1.82, 2.24) is 0 Å². The summed E-state index contributed by atoms with van der Waals surface area (Å²) in [4.78, 5) is 11.7. The van der Waals surface area contributed by atoms with Gasteiger partial charge in [-0.05, 0) is 39.0 Å². The summed E-state index contributed by atoms with van der Waals surface area (Å²) in [5.74, 6) is 0.389. The molecule has 18 heavy (non-hydrogen) atoms. The van der Waals surface area contributed by atoms with Gasteiger partial charge in [0, 0.05) is 6.61 Å². The first-order valence-corrected chi connectivity index (χ1v) is 7.11. The minimum Gasteiger partial charge on any atom is -0.460 e. The Labute approximate surface area is 112 Å². The summed E-state index contributed by atoms with van der Waals surface area (Å²) < 4.78 is 5.28. The highest BCUT2D eigenvalue weighted by molar-refractivity contribution is 5.70. The third-order valence-corrected chi connectivity index (χ3v) is 2.92. The van der Waals surface area contributed by atoms with Gasteiger partial charge < -0.3 is 9.84 Å². The van der Waals surface area contributed by atoms with Crippen LogP contribution in [0.3, 0.4) is 0 Å². The van der Waals surface area contributed by atoms with Crippen molar-refractivity contribution < 1.29 is 14.6 Å². The van der Waals surface area contributed by atoms with Gasteiger partial charge in [0.15, 0.2) is 0 Å². The molecule has 0 heterocycles. The highest BCUT2D eigenvalue weighted by Crippen LogP contribution is 2.21. The Kier molecular flexibility index (Phi) is 8.25. The van der Waals surface area contributed by atoms with E-state index >= 15 is 0 Å². The average Bonchev–Trinajstić information content (AvgIpc) is 2.22. The molecule has 2 unspecified atom stereocenters. The molecule has 3 nitrogen and oxygen atoms in total. The number of aliphatic hydroxyl groups is 1. The molecule has 0 aromatic rings. The normalized spacial score (nSPS) is 15.2. The first kappa shape index (κ1) is 17.4. The highest BCUT2D eigenvalue weighted by Gasteiger charge is 2.21. The maximum atomic E-state index is 11.7. The summed E-state index contributed by atoms with van der Waals surface area (Å²) in [6.07, 6.45) is 4.80. The van der Waals surface area contributed by atoms with Gasteiger partial charge in [-0.2, -0.15) is 0 Å². The number of hydrogen-bond donors (Lipinski definition) is 1. The van der Waals surface area contributed by atoms with E-state index in [1.807, 2.05) is 20.8 Å². The number of ether oxygens (including phenoxy) is 1. The molecule has 0 saturated heterocycles. The lowest BCUT2D eigenvalue weighted by molar-refractivity contribution is -0.156. The molecule has 0 aromatic heterocycles. The molecule has 0 aliphatic rings. The van der Waals surface area contributed by atoms with Gasteiger partial charge in [0.25, 0.3) is 0 Å². The zero-order valence-corrected chi connectivity index (χ0v) is 12.7. The lowest BCUT2D eigenvalue weighted by Crippen LogP contribution is -2.26. The van der Waals surface area contributed by atoms with Gasteiger partial charge in [0.1, 0.15) is 5.60 Å². The molecule has 0 spiro atoms. The lowest BCUT2D eigenvalue weighted by atomic mass is 9.90. The zero-order chi connectivity index (χ0) is 14.2. The molecule has 3 heteroatoms. The van der Waals surface area contributed by atoms with Crippen LogP contribution in [0.25, 0.3) is 0 Å². The number of esters is 1. The van der Waals surface area contributed by atoms with Gasteiger partial charge in [-0.1, -0.05) is 33.1 Å². The van der Waals surface area contributed by atoms with Crippen LogP contribution < -0.4 is 0 Å². The number of unbranched alkanes of at least 4 members (excludes halogenated alkanes) is 1. The molecule has 0 fully saturated rings. The summed E-state index contributed by atoms with van der Waals surface area (Å²) in [6.45, 7) is 10.0. The summed E-state index contributed by atoms with van der Waals surface area (Å²) in [5.41, 5.74) is -0.440. The predicted molar refractivity (Wildman–Crippen MR) is 74.3 cm³/mol. The number of aliphatic hydroxyl groups excluding tert-OH is 1. The van der Waals surface area contributed by atoms with E-state index < -0.39 is 5.60 Å². The topological polar surface area (TPSA) is 46.5 Å². The molecule has 0 saturated carbocycles. The van der Waals surface area contributed by atoms with Crippen molar-refractivity contribution in [3.8, 4) is 0 Å². The molecule has 108 valence electrons. The Hall–Kier alpha value is -0.570. The summed E-state index contributed by atoms with van der Waals surface area (Å²) >= 11 is 0. The van der Waals surface area contributed by atoms with Crippen LogP contribution in [0.5, 0.6) is 0 Å². The van der Waals surface area contributed by atoms with Gasteiger partial charge in [-0.15, -0.1) is 0 Å². The van der Waals surface area contributed by atoms with Crippen LogP contribution in [0, 0.1) is 11.8 Å². The number of hydrogen-bond acceptors (Lipinski definition) is 3. The van der Waals surface area contributed by atoms with Crippen LogP contribution in [0.2, 0.25) is 0 Å². The van der Waals surface area contributed by atoms with Gasteiger partial charge in [0.05, 0.1) is 6.42 Å². The maximum absolute atomic E-state index is 11.7. The third kappa shape index (κ3) is 9.46. The first-order valence-electron chi connectivity index (χ1n) is 7.11. The Balaban J connectivity index is 4.06. The Morgan fingerprint density at radius 1 is 1.33 bits per heavy atom. The van der Waals surface area contributed by atoms with E-state index in [0.717, 1.165) is 6.42 Å². The largest absolute Gasteiger partial charge is 0.460 e. The minimum atomic E-state index is -0.440. The number of carbonyl (C=O) groups excluding carboxylic acids is 1. The molecule has 0 aliphatic carbocycles. The van der Waals surface area contributed by atoms with E-state index in [2.05, 4.69) is 13.8 Å². The second-order valence-electron chi connectivity index (χ2n) is 6.32. The second-order valence-corrected chi connectivity index (χ2v) is 6.32. The number of rotatable bonds is 8. The fourth-order valence-corrected chi connectivity index (χ4v) is 2.08. The standard InChI is InChI=1S/C15H30O3/c1-6-7-8-12(2)9-13(11-16)10-14(17)18-15(3,4)5/h12-13,16H,6-11H2,1-5H3. The van der Waals surface area contributed by atoms with Crippen LogP contribution in [-0.4, -0.2) is 23.3 Å². The van der Waals surface area contributed by atoms with E-state index in [4.69, 9.17) is 4.74 Å². The van der Waals surface area contributed by atoms with Crippen molar-refractivity contribution in [3.05, 3.63) is 0 Å². The van der Waals surface area contributed by atoms with E-state index in [9.17, 15) is 9.90 Å². The van der Waals surface area contributed by atoms with Crippen molar-refractivity contribution in [2.24, 2.45) is 11.8 Å². The van der Waals surface area contributed by atoms with Gasteiger partial charge >= 0.3 is 5.97 Å². The molecule has 0 radical (unpaired) electrons. The van der Waals surface area contributed by atoms with Crippen molar-refractivity contribution in [2.75, 3.05) is 6.61 Å². The quantitative estimate of drug-likeness (QED) is 0.677. The lowest BCUT2D eigenvalue weighted by Gasteiger charge is -2.23. The maximum Gasteiger partial charge on any atom is 0.306 e. The fourth-order valence-electron chi connectivity index (χ4n) is 2.08. The molecule has 0 amide bonds. The molecule has 0 aliphatic heterocycles. The first-order chi connectivity index (χ1) is 8.28.